The molecule has 0 unspecified atom stereocenters. The molecule has 2 heteroatoms. The Morgan fingerprint density at radius 3 is 2.50 bits per heavy atom. The van der Waals surface area contributed by atoms with Gasteiger partial charge >= 0.3 is 0 Å². The van der Waals surface area contributed by atoms with Crippen molar-refractivity contribution in [3.8, 4) is 17.6 Å². The molecular weight excluding hydrogens is 336 g/mol. The van der Waals surface area contributed by atoms with E-state index in [1.54, 1.807) is 7.11 Å². The number of methoxy groups -OCH3 is 1. The van der Waals surface area contributed by atoms with Gasteiger partial charge in [0.05, 0.1) is 12.7 Å². The zero-order chi connectivity index (χ0) is 15.4. The molecule has 3 rings (SSSR count). The van der Waals surface area contributed by atoms with Gasteiger partial charge in [0.1, 0.15) is 5.75 Å². The summed E-state index contributed by atoms with van der Waals surface area (Å²) in [4.78, 5) is 0. The summed E-state index contributed by atoms with van der Waals surface area (Å²) in [6, 6.07) is 20.6. The first-order valence-corrected chi connectivity index (χ1v) is 8.16. The molecule has 0 heterocycles. The molecule has 0 saturated heterocycles. The van der Waals surface area contributed by atoms with Crippen LogP contribution in [0.3, 0.4) is 0 Å². The molecule has 0 spiro atoms. The lowest BCUT2D eigenvalue weighted by Crippen LogP contribution is -1.89. The average molecular weight is 351 g/mol. The highest BCUT2D eigenvalue weighted by Crippen LogP contribution is 2.21. The van der Waals surface area contributed by atoms with Gasteiger partial charge in [0.25, 0.3) is 0 Å². The SMILES string of the molecule is COc1cc(CBr)ccc1C#Cc1ccc2ccccc2c1. The molecule has 0 fully saturated rings. The van der Waals surface area contributed by atoms with Crippen LogP contribution in [0.25, 0.3) is 10.8 Å². The predicted octanol–water partition coefficient (Wildman–Crippen LogP) is 5.14. The second-order valence-corrected chi connectivity index (χ2v) is 5.54. The van der Waals surface area contributed by atoms with Crippen molar-refractivity contribution in [3.63, 3.8) is 0 Å². The molecule has 3 aromatic carbocycles. The second-order valence-electron chi connectivity index (χ2n) is 4.98. The van der Waals surface area contributed by atoms with Gasteiger partial charge in [0.2, 0.25) is 0 Å². The molecule has 0 aliphatic heterocycles. The Hall–Kier alpha value is -2.24. The fourth-order valence-electron chi connectivity index (χ4n) is 2.33. The summed E-state index contributed by atoms with van der Waals surface area (Å²) in [5.41, 5.74) is 3.08. The minimum absolute atomic E-state index is 0.807. The van der Waals surface area contributed by atoms with Gasteiger partial charge in [0, 0.05) is 10.9 Å². The van der Waals surface area contributed by atoms with Crippen LogP contribution in [0, 0.1) is 11.8 Å². The number of benzene rings is 3. The summed E-state index contributed by atoms with van der Waals surface area (Å²) in [5.74, 6) is 7.24. The van der Waals surface area contributed by atoms with Crippen LogP contribution < -0.4 is 4.74 Å². The third kappa shape index (κ3) is 3.16. The van der Waals surface area contributed by atoms with Crippen molar-refractivity contribution in [2.24, 2.45) is 0 Å². The van der Waals surface area contributed by atoms with Gasteiger partial charge < -0.3 is 4.74 Å². The Morgan fingerprint density at radius 1 is 0.909 bits per heavy atom. The second kappa shape index (κ2) is 6.68. The fourth-order valence-corrected chi connectivity index (χ4v) is 2.68. The van der Waals surface area contributed by atoms with Crippen molar-refractivity contribution in [3.05, 3.63) is 77.4 Å². The number of rotatable bonds is 2. The van der Waals surface area contributed by atoms with Crippen LogP contribution in [0.4, 0.5) is 0 Å². The van der Waals surface area contributed by atoms with Gasteiger partial charge in [-0.15, -0.1) is 0 Å². The standard InChI is InChI=1S/C20H15BrO/c1-22-20-13-16(14-21)8-11-18(20)10-7-15-6-9-17-4-2-3-5-19(17)12-15/h2-6,8-9,11-13H,14H2,1H3. The Balaban J connectivity index is 1.97. The van der Waals surface area contributed by atoms with Crippen LogP contribution >= 0.6 is 15.9 Å². The molecule has 108 valence electrons. The summed E-state index contributed by atoms with van der Waals surface area (Å²) >= 11 is 3.45. The lowest BCUT2D eigenvalue weighted by molar-refractivity contribution is 0.413. The molecule has 22 heavy (non-hydrogen) atoms. The number of ether oxygens (including phenoxy) is 1. The minimum atomic E-state index is 0.807. The van der Waals surface area contributed by atoms with Crippen molar-refractivity contribution < 1.29 is 4.74 Å². The van der Waals surface area contributed by atoms with Crippen LogP contribution in [0.2, 0.25) is 0 Å². The summed E-state index contributed by atoms with van der Waals surface area (Å²) in [6.07, 6.45) is 0. The first-order valence-electron chi connectivity index (χ1n) is 7.04. The first kappa shape index (κ1) is 14.7. The van der Waals surface area contributed by atoms with Crippen molar-refractivity contribution in [1.82, 2.24) is 0 Å². The molecule has 0 amide bonds. The predicted molar refractivity (Wildman–Crippen MR) is 95.6 cm³/mol. The fraction of sp³-hybridized carbons (Fsp3) is 0.100. The summed E-state index contributed by atoms with van der Waals surface area (Å²) < 4.78 is 5.42. The molecule has 0 bridgehead atoms. The highest BCUT2D eigenvalue weighted by molar-refractivity contribution is 9.08. The maximum Gasteiger partial charge on any atom is 0.134 e. The van der Waals surface area contributed by atoms with E-state index in [9.17, 15) is 0 Å². The molecular formula is C20H15BrO. The van der Waals surface area contributed by atoms with Gasteiger partial charge in [-0.2, -0.15) is 0 Å². The number of halogens is 1. The molecule has 0 aliphatic carbocycles. The normalized spacial score (nSPS) is 10.1. The van der Waals surface area contributed by atoms with Crippen molar-refractivity contribution >= 4 is 26.7 Å². The van der Waals surface area contributed by atoms with E-state index in [0.29, 0.717) is 0 Å². The van der Waals surface area contributed by atoms with E-state index in [1.807, 2.05) is 24.3 Å². The lowest BCUT2D eigenvalue weighted by atomic mass is 10.1. The number of hydrogen-bond acceptors (Lipinski definition) is 1. The van der Waals surface area contributed by atoms with Gasteiger partial charge in [-0.1, -0.05) is 64.2 Å². The molecule has 0 N–H and O–H groups in total. The number of hydrogen-bond donors (Lipinski definition) is 0. The van der Waals surface area contributed by atoms with E-state index in [2.05, 4.69) is 64.2 Å². The topological polar surface area (TPSA) is 9.23 Å². The summed E-state index contributed by atoms with van der Waals surface area (Å²) in [6.45, 7) is 0. The number of fused-ring (bicyclic) bond motifs is 1. The van der Waals surface area contributed by atoms with Gasteiger partial charge in [-0.3, -0.25) is 0 Å². The molecule has 0 saturated carbocycles. The van der Waals surface area contributed by atoms with Gasteiger partial charge in [-0.25, -0.2) is 0 Å². The molecule has 1 nitrogen and oxygen atoms in total. The van der Waals surface area contributed by atoms with E-state index < -0.39 is 0 Å². The van der Waals surface area contributed by atoms with Crippen LogP contribution in [0.15, 0.2) is 60.7 Å². The van der Waals surface area contributed by atoms with Gasteiger partial charge in [-0.05, 0) is 40.6 Å². The highest BCUT2D eigenvalue weighted by atomic mass is 79.9. The van der Waals surface area contributed by atoms with E-state index >= 15 is 0 Å². The third-order valence-electron chi connectivity index (χ3n) is 3.51. The van der Waals surface area contributed by atoms with Crippen LogP contribution in [-0.4, -0.2) is 7.11 Å². The molecule has 0 aliphatic rings. The molecule has 0 atom stereocenters. The monoisotopic (exact) mass is 350 g/mol. The largest absolute Gasteiger partial charge is 0.495 e. The van der Waals surface area contributed by atoms with Gasteiger partial charge in [0.15, 0.2) is 0 Å². The zero-order valence-corrected chi connectivity index (χ0v) is 13.9. The first-order chi connectivity index (χ1) is 10.8. The average Bonchev–Trinajstić information content (AvgIpc) is 2.59. The van der Waals surface area contributed by atoms with Crippen molar-refractivity contribution in [2.75, 3.05) is 7.11 Å². The lowest BCUT2D eigenvalue weighted by Gasteiger charge is -2.05. The van der Waals surface area contributed by atoms with Crippen molar-refractivity contribution in [1.29, 1.82) is 0 Å². The zero-order valence-electron chi connectivity index (χ0n) is 12.3. The van der Waals surface area contributed by atoms with Crippen LogP contribution in [0.1, 0.15) is 16.7 Å². The Bertz CT molecular complexity index is 871. The van der Waals surface area contributed by atoms with E-state index in [0.717, 1.165) is 22.2 Å². The summed E-state index contributed by atoms with van der Waals surface area (Å²) in [5, 5.41) is 3.24. The smallest absolute Gasteiger partial charge is 0.134 e. The van der Waals surface area contributed by atoms with E-state index in [-0.39, 0.29) is 0 Å². The quantitative estimate of drug-likeness (QED) is 0.459. The maximum atomic E-state index is 5.42. The Kier molecular flexibility index (Phi) is 4.46. The maximum absolute atomic E-state index is 5.42. The molecule has 0 aromatic heterocycles. The Labute approximate surface area is 139 Å². The highest BCUT2D eigenvalue weighted by Gasteiger charge is 2.01. The van der Waals surface area contributed by atoms with E-state index in [1.165, 1.54) is 16.3 Å². The van der Waals surface area contributed by atoms with E-state index in [4.69, 9.17) is 4.74 Å². The minimum Gasteiger partial charge on any atom is -0.495 e. The Morgan fingerprint density at radius 2 is 1.73 bits per heavy atom. The number of alkyl halides is 1. The van der Waals surface area contributed by atoms with Crippen molar-refractivity contribution in [2.45, 2.75) is 5.33 Å². The third-order valence-corrected chi connectivity index (χ3v) is 4.16. The summed E-state index contributed by atoms with van der Waals surface area (Å²) in [7, 11) is 1.68. The van der Waals surface area contributed by atoms with Crippen LogP contribution in [0.5, 0.6) is 5.75 Å². The molecule has 3 aromatic rings. The van der Waals surface area contributed by atoms with Crippen LogP contribution in [-0.2, 0) is 5.33 Å². The molecule has 0 radical (unpaired) electrons.